The summed E-state index contributed by atoms with van der Waals surface area (Å²) in [6.07, 6.45) is 1.36. The van der Waals surface area contributed by atoms with Crippen LogP contribution in [0.3, 0.4) is 0 Å². The van der Waals surface area contributed by atoms with Gasteiger partial charge in [-0.05, 0) is 35.4 Å². The quantitative estimate of drug-likeness (QED) is 0.214. The van der Waals surface area contributed by atoms with Crippen molar-refractivity contribution >= 4 is 11.7 Å². The third kappa shape index (κ3) is 6.73. The number of hydrogen-bond donors (Lipinski definition) is 1. The van der Waals surface area contributed by atoms with E-state index in [0.29, 0.717) is 29.5 Å². The summed E-state index contributed by atoms with van der Waals surface area (Å²) in [5, 5.41) is 17.2. The molecule has 0 amide bonds. The summed E-state index contributed by atoms with van der Waals surface area (Å²) in [7, 11) is 1.51. The summed E-state index contributed by atoms with van der Waals surface area (Å²) in [4.78, 5) is 16.2. The standard InChI is InChI=1S/C28H26N2O6/c1-33-29-27(22-5-3-2-4-6-22)19-35-23-11-7-20(8-12-23)18-34-24-13-9-21(10-14-24)25(17-28(31)32)26-15-16-36-30-26/h2-16,25H,17-19H2,1H3,(H,31,32)/b29-27-. The summed E-state index contributed by atoms with van der Waals surface area (Å²) in [6, 6.07) is 26.4. The second-order valence-electron chi connectivity index (χ2n) is 7.95. The van der Waals surface area contributed by atoms with Crippen LogP contribution in [-0.4, -0.2) is 35.7 Å². The van der Waals surface area contributed by atoms with E-state index in [1.54, 1.807) is 6.07 Å². The number of carboxylic acid groups (broad SMARTS) is 1. The topological polar surface area (TPSA) is 103 Å². The summed E-state index contributed by atoms with van der Waals surface area (Å²) in [5.74, 6) is 0.0916. The van der Waals surface area contributed by atoms with E-state index in [-0.39, 0.29) is 18.9 Å². The first-order valence-electron chi connectivity index (χ1n) is 11.3. The Morgan fingerprint density at radius 2 is 1.64 bits per heavy atom. The zero-order valence-corrected chi connectivity index (χ0v) is 19.7. The second-order valence-corrected chi connectivity index (χ2v) is 7.95. The maximum absolute atomic E-state index is 11.3. The minimum atomic E-state index is -0.905. The van der Waals surface area contributed by atoms with Crippen LogP contribution in [0.15, 0.2) is 101 Å². The van der Waals surface area contributed by atoms with Gasteiger partial charge in [0, 0.05) is 17.5 Å². The van der Waals surface area contributed by atoms with Crippen LogP contribution in [0.1, 0.15) is 34.7 Å². The molecule has 1 N–H and O–H groups in total. The van der Waals surface area contributed by atoms with Gasteiger partial charge in [-0.15, -0.1) is 0 Å². The Hall–Kier alpha value is -4.59. The number of carboxylic acids is 1. The van der Waals surface area contributed by atoms with Gasteiger partial charge in [0.25, 0.3) is 0 Å². The molecular weight excluding hydrogens is 460 g/mol. The molecule has 1 unspecified atom stereocenters. The number of benzene rings is 3. The van der Waals surface area contributed by atoms with Crippen molar-refractivity contribution < 1.29 is 28.7 Å². The van der Waals surface area contributed by atoms with Crippen molar-refractivity contribution in [3.05, 3.63) is 114 Å². The molecule has 0 bridgehead atoms. The van der Waals surface area contributed by atoms with Gasteiger partial charge >= 0.3 is 5.97 Å². The van der Waals surface area contributed by atoms with Crippen molar-refractivity contribution in [3.8, 4) is 11.5 Å². The van der Waals surface area contributed by atoms with E-state index in [4.69, 9.17) is 18.8 Å². The monoisotopic (exact) mass is 486 g/mol. The first-order chi connectivity index (χ1) is 17.6. The number of rotatable bonds is 12. The molecule has 4 aromatic rings. The SMILES string of the molecule is CO/N=C(/COc1ccc(COc2ccc(C(CC(=O)O)c3ccon3)cc2)cc1)c1ccccc1. The molecule has 8 nitrogen and oxygen atoms in total. The lowest BCUT2D eigenvalue weighted by Gasteiger charge is -2.13. The molecule has 0 aliphatic rings. The summed E-state index contributed by atoms with van der Waals surface area (Å²) < 4.78 is 16.7. The molecular formula is C28H26N2O6. The Kier molecular flexibility index (Phi) is 8.32. The lowest BCUT2D eigenvalue weighted by molar-refractivity contribution is -0.137. The first kappa shape index (κ1) is 24.5. The number of hydrogen-bond acceptors (Lipinski definition) is 7. The summed E-state index contributed by atoms with van der Waals surface area (Å²) in [6.45, 7) is 0.652. The third-order valence-electron chi connectivity index (χ3n) is 5.49. The zero-order valence-electron chi connectivity index (χ0n) is 19.7. The number of aromatic nitrogens is 1. The molecule has 36 heavy (non-hydrogen) atoms. The van der Waals surface area contributed by atoms with Gasteiger partial charge in [-0.25, -0.2) is 0 Å². The largest absolute Gasteiger partial charge is 0.489 e. The van der Waals surface area contributed by atoms with Crippen LogP contribution in [0.4, 0.5) is 0 Å². The molecule has 4 rings (SSSR count). The molecule has 8 heteroatoms. The van der Waals surface area contributed by atoms with Crippen LogP contribution in [-0.2, 0) is 16.2 Å². The maximum Gasteiger partial charge on any atom is 0.304 e. The molecule has 0 spiro atoms. The minimum absolute atomic E-state index is 0.0781. The fourth-order valence-electron chi connectivity index (χ4n) is 3.67. The highest BCUT2D eigenvalue weighted by Crippen LogP contribution is 2.28. The van der Waals surface area contributed by atoms with Crippen molar-refractivity contribution in [2.24, 2.45) is 5.16 Å². The van der Waals surface area contributed by atoms with Crippen molar-refractivity contribution in [2.45, 2.75) is 18.9 Å². The van der Waals surface area contributed by atoms with Crippen LogP contribution >= 0.6 is 0 Å². The van der Waals surface area contributed by atoms with Crippen LogP contribution in [0.25, 0.3) is 0 Å². The van der Waals surface area contributed by atoms with Crippen molar-refractivity contribution in [1.82, 2.24) is 5.16 Å². The number of carbonyl (C=O) groups is 1. The highest BCUT2D eigenvalue weighted by atomic mass is 16.6. The number of oxime groups is 1. The van der Waals surface area contributed by atoms with Crippen LogP contribution in [0.2, 0.25) is 0 Å². The Morgan fingerprint density at radius 1 is 0.944 bits per heavy atom. The van der Waals surface area contributed by atoms with Crippen LogP contribution < -0.4 is 9.47 Å². The van der Waals surface area contributed by atoms with Gasteiger partial charge in [-0.1, -0.05) is 64.9 Å². The molecule has 1 heterocycles. The number of ether oxygens (including phenoxy) is 2. The molecule has 0 saturated heterocycles. The number of nitrogens with zero attached hydrogens (tertiary/aromatic N) is 2. The Morgan fingerprint density at radius 3 is 2.28 bits per heavy atom. The van der Waals surface area contributed by atoms with Crippen LogP contribution in [0, 0.1) is 0 Å². The van der Waals surface area contributed by atoms with Gasteiger partial charge in [0.2, 0.25) is 0 Å². The van der Waals surface area contributed by atoms with E-state index in [1.165, 1.54) is 13.4 Å². The normalized spacial score (nSPS) is 12.1. The first-order valence-corrected chi connectivity index (χ1v) is 11.3. The molecule has 184 valence electrons. The molecule has 0 aliphatic carbocycles. The molecule has 0 fully saturated rings. The highest BCUT2D eigenvalue weighted by molar-refractivity contribution is 6.01. The predicted octanol–water partition coefficient (Wildman–Crippen LogP) is 5.29. The van der Waals surface area contributed by atoms with Gasteiger partial charge in [0.1, 0.15) is 43.8 Å². The van der Waals surface area contributed by atoms with Gasteiger partial charge in [0.05, 0.1) is 12.1 Å². The number of aliphatic carboxylic acids is 1. The van der Waals surface area contributed by atoms with Gasteiger partial charge in [-0.2, -0.15) is 0 Å². The van der Waals surface area contributed by atoms with E-state index >= 15 is 0 Å². The highest BCUT2D eigenvalue weighted by Gasteiger charge is 2.20. The van der Waals surface area contributed by atoms with Gasteiger partial charge < -0.3 is 23.9 Å². The smallest absolute Gasteiger partial charge is 0.304 e. The fourth-order valence-corrected chi connectivity index (χ4v) is 3.67. The van der Waals surface area contributed by atoms with E-state index in [0.717, 1.165) is 16.7 Å². The Balaban J connectivity index is 1.32. The lowest BCUT2D eigenvalue weighted by atomic mass is 9.92. The Bertz CT molecular complexity index is 1250. The van der Waals surface area contributed by atoms with Gasteiger partial charge in [0.15, 0.2) is 0 Å². The predicted molar refractivity (Wildman–Crippen MR) is 133 cm³/mol. The maximum atomic E-state index is 11.3. The molecule has 0 aliphatic heterocycles. The average molecular weight is 487 g/mol. The third-order valence-corrected chi connectivity index (χ3v) is 5.49. The average Bonchev–Trinajstić information content (AvgIpc) is 3.45. The Labute approximate surface area is 208 Å². The van der Waals surface area contributed by atoms with Crippen molar-refractivity contribution in [2.75, 3.05) is 13.7 Å². The van der Waals surface area contributed by atoms with Crippen molar-refractivity contribution in [3.63, 3.8) is 0 Å². The molecule has 3 aromatic carbocycles. The van der Waals surface area contributed by atoms with E-state index < -0.39 is 5.97 Å². The molecule has 0 radical (unpaired) electrons. The van der Waals surface area contributed by atoms with Gasteiger partial charge in [-0.3, -0.25) is 4.79 Å². The van der Waals surface area contributed by atoms with E-state index in [2.05, 4.69) is 10.3 Å². The van der Waals surface area contributed by atoms with Crippen molar-refractivity contribution in [1.29, 1.82) is 0 Å². The minimum Gasteiger partial charge on any atom is -0.489 e. The fraction of sp³-hybridized carbons (Fsp3) is 0.179. The van der Waals surface area contributed by atoms with E-state index in [9.17, 15) is 9.90 Å². The summed E-state index contributed by atoms with van der Waals surface area (Å²) in [5.41, 5.74) is 4.02. The lowest BCUT2D eigenvalue weighted by Crippen LogP contribution is -2.13. The van der Waals surface area contributed by atoms with E-state index in [1.807, 2.05) is 78.9 Å². The zero-order chi connectivity index (χ0) is 25.2. The van der Waals surface area contributed by atoms with Crippen LogP contribution in [0.5, 0.6) is 11.5 Å². The second kappa shape index (κ2) is 12.2. The summed E-state index contributed by atoms with van der Waals surface area (Å²) >= 11 is 0. The molecule has 0 saturated carbocycles. The molecule has 1 atom stereocenters. The molecule has 1 aromatic heterocycles.